The normalized spacial score (nSPS) is 12.6. The molecule has 0 aliphatic rings. The molecule has 2 heteroatoms. The average molecular weight is 283 g/mol. The highest BCUT2D eigenvalue weighted by molar-refractivity contribution is 9.10. The first-order chi connectivity index (χ1) is 7.40. The van der Waals surface area contributed by atoms with Crippen molar-refractivity contribution in [1.82, 2.24) is 0 Å². The van der Waals surface area contributed by atoms with Gasteiger partial charge >= 0.3 is 0 Å². The van der Waals surface area contributed by atoms with Crippen molar-refractivity contribution in [3.8, 4) is 0 Å². The first-order valence-electron chi connectivity index (χ1n) is 5.65. The Balaban J connectivity index is 3.38. The summed E-state index contributed by atoms with van der Waals surface area (Å²) in [6, 6.07) is 2.15. The summed E-state index contributed by atoms with van der Waals surface area (Å²) in [5.41, 5.74) is 5.53. The van der Waals surface area contributed by atoms with Crippen LogP contribution in [-0.2, 0) is 0 Å². The molecule has 0 N–H and O–H groups in total. The fraction of sp³-hybridized carbons (Fsp3) is 0.500. The molecule has 0 saturated carbocycles. The molecule has 0 aromatic heterocycles. The lowest BCUT2D eigenvalue weighted by molar-refractivity contribution is 0.0989. The standard InChI is InChI=1S/C14H19BrO/c1-6-12(15)14(16)13-10(4)8(2)7-9(3)11(13)5/h7,12H,6H2,1-5H3. The number of carbonyl (C=O) groups excluding carboxylic acids is 1. The number of aryl methyl sites for hydroxylation is 2. The summed E-state index contributed by atoms with van der Waals surface area (Å²) in [5.74, 6) is 0.212. The molecule has 0 bridgehead atoms. The third-order valence-electron chi connectivity index (χ3n) is 3.26. The van der Waals surface area contributed by atoms with Crippen molar-refractivity contribution >= 4 is 21.7 Å². The molecule has 0 amide bonds. The van der Waals surface area contributed by atoms with Gasteiger partial charge in [0.2, 0.25) is 0 Å². The first kappa shape index (κ1) is 13.4. The summed E-state index contributed by atoms with van der Waals surface area (Å²) in [7, 11) is 0. The lowest BCUT2D eigenvalue weighted by atomic mass is 9.90. The number of halogens is 1. The quantitative estimate of drug-likeness (QED) is 0.598. The van der Waals surface area contributed by atoms with Gasteiger partial charge in [0.1, 0.15) is 0 Å². The average Bonchev–Trinajstić information content (AvgIpc) is 2.25. The molecule has 16 heavy (non-hydrogen) atoms. The van der Waals surface area contributed by atoms with E-state index >= 15 is 0 Å². The van der Waals surface area contributed by atoms with E-state index in [1.54, 1.807) is 0 Å². The van der Waals surface area contributed by atoms with Gasteiger partial charge in [0.05, 0.1) is 4.83 Å². The molecular formula is C14H19BrO. The zero-order valence-corrected chi connectivity index (χ0v) is 12.2. The van der Waals surface area contributed by atoms with Gasteiger partial charge < -0.3 is 0 Å². The molecule has 0 aliphatic heterocycles. The van der Waals surface area contributed by atoms with E-state index in [2.05, 4.69) is 35.8 Å². The van der Waals surface area contributed by atoms with Crippen molar-refractivity contribution in [2.45, 2.75) is 45.9 Å². The van der Waals surface area contributed by atoms with Gasteiger partial charge in [-0.15, -0.1) is 0 Å². The van der Waals surface area contributed by atoms with Crippen LogP contribution in [0.5, 0.6) is 0 Å². The maximum atomic E-state index is 12.3. The minimum Gasteiger partial charge on any atom is -0.293 e. The van der Waals surface area contributed by atoms with E-state index in [9.17, 15) is 4.79 Å². The fourth-order valence-electron chi connectivity index (χ4n) is 1.93. The van der Waals surface area contributed by atoms with Gasteiger partial charge in [-0.1, -0.05) is 28.9 Å². The Morgan fingerprint density at radius 1 is 1.19 bits per heavy atom. The second kappa shape index (κ2) is 5.13. The third-order valence-corrected chi connectivity index (χ3v) is 4.32. The van der Waals surface area contributed by atoms with Crippen molar-refractivity contribution in [3.63, 3.8) is 0 Å². The van der Waals surface area contributed by atoms with E-state index < -0.39 is 0 Å². The van der Waals surface area contributed by atoms with Crippen LogP contribution in [-0.4, -0.2) is 10.6 Å². The molecule has 88 valence electrons. The van der Waals surface area contributed by atoms with Crippen molar-refractivity contribution < 1.29 is 4.79 Å². The number of alkyl halides is 1. The third kappa shape index (κ3) is 2.37. The second-order valence-electron chi connectivity index (χ2n) is 4.38. The number of hydrogen-bond donors (Lipinski definition) is 0. The van der Waals surface area contributed by atoms with Gasteiger partial charge in [-0.2, -0.15) is 0 Å². The molecule has 0 radical (unpaired) electrons. The lowest BCUT2D eigenvalue weighted by Crippen LogP contribution is -2.17. The second-order valence-corrected chi connectivity index (χ2v) is 5.48. The maximum absolute atomic E-state index is 12.3. The summed E-state index contributed by atoms with van der Waals surface area (Å²) in [5, 5.41) is 0. The molecular weight excluding hydrogens is 264 g/mol. The lowest BCUT2D eigenvalue weighted by Gasteiger charge is -2.16. The molecule has 1 nitrogen and oxygen atoms in total. The molecule has 1 rings (SSSR count). The smallest absolute Gasteiger partial charge is 0.176 e. The predicted molar refractivity (Wildman–Crippen MR) is 72.7 cm³/mol. The van der Waals surface area contributed by atoms with Crippen molar-refractivity contribution in [1.29, 1.82) is 0 Å². The van der Waals surface area contributed by atoms with Crippen LogP contribution in [0.25, 0.3) is 0 Å². The molecule has 0 heterocycles. The molecule has 1 atom stereocenters. The van der Waals surface area contributed by atoms with Crippen LogP contribution in [0, 0.1) is 27.7 Å². The Morgan fingerprint density at radius 2 is 1.62 bits per heavy atom. The van der Waals surface area contributed by atoms with E-state index in [4.69, 9.17) is 0 Å². The Hall–Kier alpha value is -0.630. The molecule has 1 aromatic rings. The van der Waals surface area contributed by atoms with Crippen LogP contribution in [0.2, 0.25) is 0 Å². The predicted octanol–water partition coefficient (Wildman–Crippen LogP) is 4.28. The highest BCUT2D eigenvalue weighted by Gasteiger charge is 2.20. The Bertz CT molecular complexity index is 395. The Kier molecular flexibility index (Phi) is 4.31. The molecule has 0 aliphatic carbocycles. The number of benzene rings is 1. The molecule has 1 aromatic carbocycles. The molecule has 0 saturated heterocycles. The number of rotatable bonds is 3. The first-order valence-corrected chi connectivity index (χ1v) is 6.57. The molecule has 0 fully saturated rings. The number of Topliss-reactive ketones (excluding diaryl/α,β-unsaturated/α-hetero) is 1. The highest BCUT2D eigenvalue weighted by atomic mass is 79.9. The van der Waals surface area contributed by atoms with E-state index in [-0.39, 0.29) is 10.6 Å². The van der Waals surface area contributed by atoms with E-state index in [1.807, 2.05) is 20.8 Å². The van der Waals surface area contributed by atoms with E-state index in [0.29, 0.717) is 0 Å². The highest BCUT2D eigenvalue weighted by Crippen LogP contribution is 2.25. The minimum absolute atomic E-state index is 0.0638. The van der Waals surface area contributed by atoms with Crippen LogP contribution in [0.4, 0.5) is 0 Å². The van der Waals surface area contributed by atoms with Crippen LogP contribution < -0.4 is 0 Å². The van der Waals surface area contributed by atoms with Crippen LogP contribution >= 0.6 is 15.9 Å². The van der Waals surface area contributed by atoms with Gasteiger partial charge in [-0.25, -0.2) is 0 Å². The SMILES string of the molecule is CCC(Br)C(=O)c1c(C)c(C)cc(C)c1C. The largest absolute Gasteiger partial charge is 0.293 e. The topological polar surface area (TPSA) is 17.1 Å². The number of hydrogen-bond acceptors (Lipinski definition) is 1. The van der Waals surface area contributed by atoms with Crippen LogP contribution in [0.15, 0.2) is 6.07 Å². The molecule has 1 unspecified atom stereocenters. The Morgan fingerprint density at radius 3 is 2.00 bits per heavy atom. The van der Waals surface area contributed by atoms with Gasteiger partial charge in [0.15, 0.2) is 5.78 Å². The summed E-state index contributed by atoms with van der Waals surface area (Å²) in [6.07, 6.45) is 0.824. The minimum atomic E-state index is -0.0638. The van der Waals surface area contributed by atoms with Crippen molar-refractivity contribution in [2.75, 3.05) is 0 Å². The van der Waals surface area contributed by atoms with Crippen LogP contribution in [0.1, 0.15) is 46.0 Å². The van der Waals surface area contributed by atoms with Gasteiger partial charge in [0, 0.05) is 5.56 Å². The summed E-state index contributed by atoms with van der Waals surface area (Å²) < 4.78 is 0. The van der Waals surface area contributed by atoms with Crippen molar-refractivity contribution in [3.05, 3.63) is 33.9 Å². The van der Waals surface area contributed by atoms with E-state index in [0.717, 1.165) is 23.1 Å². The van der Waals surface area contributed by atoms with Gasteiger partial charge in [-0.05, 0) is 56.4 Å². The molecule has 0 spiro atoms. The zero-order valence-electron chi connectivity index (χ0n) is 10.6. The van der Waals surface area contributed by atoms with Gasteiger partial charge in [-0.3, -0.25) is 4.79 Å². The zero-order chi connectivity index (χ0) is 12.5. The van der Waals surface area contributed by atoms with E-state index in [1.165, 1.54) is 11.1 Å². The number of carbonyl (C=O) groups is 1. The summed E-state index contributed by atoms with van der Waals surface area (Å²) in [6.45, 7) is 10.2. The summed E-state index contributed by atoms with van der Waals surface area (Å²) in [4.78, 5) is 12.2. The van der Waals surface area contributed by atoms with Gasteiger partial charge in [0.25, 0.3) is 0 Å². The fourth-order valence-corrected chi connectivity index (χ4v) is 2.16. The monoisotopic (exact) mass is 282 g/mol. The summed E-state index contributed by atoms with van der Waals surface area (Å²) >= 11 is 3.45. The van der Waals surface area contributed by atoms with Crippen molar-refractivity contribution in [2.24, 2.45) is 0 Å². The number of ketones is 1. The maximum Gasteiger partial charge on any atom is 0.176 e. The van der Waals surface area contributed by atoms with Crippen LogP contribution in [0.3, 0.4) is 0 Å². The Labute approximate surface area is 106 Å².